The Morgan fingerprint density at radius 2 is 2.00 bits per heavy atom. The van der Waals surface area contributed by atoms with Crippen molar-refractivity contribution in [3.8, 4) is 0 Å². The molecule has 1 amide bonds. The second kappa shape index (κ2) is 6.81. The highest BCUT2D eigenvalue weighted by Crippen LogP contribution is 2.34. The number of fused-ring (bicyclic) bond motifs is 1. The number of hydrogen-bond acceptors (Lipinski definition) is 4. The molecule has 1 aliphatic heterocycles. The highest BCUT2D eigenvalue weighted by atomic mass is 32.1. The summed E-state index contributed by atoms with van der Waals surface area (Å²) in [4.78, 5) is 28.9. The third kappa shape index (κ3) is 3.11. The van der Waals surface area contributed by atoms with Gasteiger partial charge in [-0.25, -0.2) is 0 Å². The molecule has 0 saturated carbocycles. The van der Waals surface area contributed by atoms with Crippen LogP contribution >= 0.6 is 11.3 Å². The van der Waals surface area contributed by atoms with Gasteiger partial charge in [0.15, 0.2) is 0 Å². The number of anilines is 2. The molecule has 1 aromatic carbocycles. The Kier molecular flexibility index (Phi) is 4.76. The summed E-state index contributed by atoms with van der Waals surface area (Å²) in [6.07, 6.45) is 1.26. The molecule has 0 N–H and O–H groups in total. The largest absolute Gasteiger partial charge is 0.373 e. The highest BCUT2D eigenvalue weighted by molar-refractivity contribution is 7.07. The third-order valence-electron chi connectivity index (χ3n) is 4.67. The first-order valence-corrected chi connectivity index (χ1v) is 9.14. The minimum absolute atomic E-state index is 0.00403. The van der Waals surface area contributed by atoms with Gasteiger partial charge in [-0.05, 0) is 32.4 Å². The Morgan fingerprint density at radius 1 is 1.29 bits per heavy atom. The molecular formula is C18H23N3O2S. The molecule has 6 heteroatoms. The van der Waals surface area contributed by atoms with Gasteiger partial charge in [0, 0.05) is 43.7 Å². The van der Waals surface area contributed by atoms with Crippen molar-refractivity contribution in [2.45, 2.75) is 39.3 Å². The summed E-state index contributed by atoms with van der Waals surface area (Å²) >= 11 is 1.19. The number of carbonyl (C=O) groups excluding carboxylic acids is 1. The number of aromatic nitrogens is 1. The van der Waals surface area contributed by atoms with Crippen LogP contribution < -0.4 is 14.7 Å². The van der Waals surface area contributed by atoms with Crippen LogP contribution in [0.5, 0.6) is 0 Å². The van der Waals surface area contributed by atoms with Gasteiger partial charge in [-0.2, -0.15) is 0 Å². The van der Waals surface area contributed by atoms with Gasteiger partial charge in [-0.3, -0.25) is 9.59 Å². The summed E-state index contributed by atoms with van der Waals surface area (Å²) in [6, 6.07) is 8.18. The Bertz CT molecular complexity index is 796. The predicted octanol–water partition coefficient (Wildman–Crippen LogP) is 2.87. The lowest BCUT2D eigenvalue weighted by Gasteiger charge is -2.28. The maximum absolute atomic E-state index is 12.9. The zero-order valence-corrected chi connectivity index (χ0v) is 15.2. The van der Waals surface area contributed by atoms with Crippen LogP contribution in [0.25, 0.3) is 0 Å². The monoisotopic (exact) mass is 345 g/mol. The minimum atomic E-state index is 0.00403. The van der Waals surface area contributed by atoms with Gasteiger partial charge >= 0.3 is 4.87 Å². The Hall–Kier alpha value is -2.08. The van der Waals surface area contributed by atoms with Crippen LogP contribution in [-0.2, 0) is 11.3 Å². The van der Waals surface area contributed by atoms with E-state index >= 15 is 0 Å². The fourth-order valence-electron chi connectivity index (χ4n) is 3.24. The molecule has 2 heterocycles. The topological polar surface area (TPSA) is 45.6 Å². The molecule has 0 fully saturated rings. The van der Waals surface area contributed by atoms with E-state index in [2.05, 4.69) is 24.9 Å². The van der Waals surface area contributed by atoms with Crippen molar-refractivity contribution in [1.29, 1.82) is 0 Å². The van der Waals surface area contributed by atoms with Crippen LogP contribution in [-0.4, -0.2) is 30.1 Å². The first-order chi connectivity index (χ1) is 11.5. The van der Waals surface area contributed by atoms with Gasteiger partial charge in [0.25, 0.3) is 0 Å². The molecule has 3 rings (SSSR count). The Morgan fingerprint density at radius 3 is 2.67 bits per heavy atom. The van der Waals surface area contributed by atoms with Crippen molar-refractivity contribution in [3.63, 3.8) is 0 Å². The first-order valence-electron chi connectivity index (χ1n) is 8.26. The number of aryl methyl sites for hydroxylation is 1. The number of amides is 1. The van der Waals surface area contributed by atoms with Crippen molar-refractivity contribution in [3.05, 3.63) is 45.0 Å². The quantitative estimate of drug-likeness (QED) is 0.859. The molecule has 0 saturated heterocycles. The molecule has 1 aliphatic rings. The summed E-state index contributed by atoms with van der Waals surface area (Å²) in [5.74, 6) is 0.0720. The van der Waals surface area contributed by atoms with Crippen LogP contribution in [0.1, 0.15) is 25.5 Å². The molecule has 1 atom stereocenters. The summed E-state index contributed by atoms with van der Waals surface area (Å²) in [5, 5.41) is 1.84. The number of hydrogen-bond donors (Lipinski definition) is 0. The summed E-state index contributed by atoms with van der Waals surface area (Å²) in [7, 11) is 2.06. The van der Waals surface area contributed by atoms with Crippen LogP contribution in [0.4, 0.5) is 11.4 Å². The molecular weight excluding hydrogens is 322 g/mol. The van der Waals surface area contributed by atoms with E-state index in [4.69, 9.17) is 0 Å². The molecule has 1 aromatic heterocycles. The minimum Gasteiger partial charge on any atom is -0.373 e. The van der Waals surface area contributed by atoms with Crippen molar-refractivity contribution in [2.75, 3.05) is 23.4 Å². The summed E-state index contributed by atoms with van der Waals surface area (Å²) in [6.45, 7) is 5.36. The Labute approximate surface area is 146 Å². The number of para-hydroxylation sites is 2. The molecule has 2 aromatic rings. The fraction of sp³-hybridized carbons (Fsp3) is 0.444. The van der Waals surface area contributed by atoms with Gasteiger partial charge in [-0.1, -0.05) is 23.5 Å². The van der Waals surface area contributed by atoms with Crippen LogP contribution in [0.2, 0.25) is 0 Å². The molecule has 0 bridgehead atoms. The average Bonchev–Trinajstić information content (AvgIpc) is 2.82. The molecule has 0 unspecified atom stereocenters. The fourth-order valence-corrected chi connectivity index (χ4v) is 4.00. The second-order valence-electron chi connectivity index (χ2n) is 6.36. The Balaban J connectivity index is 1.85. The second-order valence-corrected chi connectivity index (χ2v) is 7.18. The molecule has 24 heavy (non-hydrogen) atoms. The van der Waals surface area contributed by atoms with Crippen molar-refractivity contribution in [2.24, 2.45) is 0 Å². The normalized spacial score (nSPS) is 17.5. The van der Waals surface area contributed by atoms with Gasteiger partial charge in [0.05, 0.1) is 11.4 Å². The van der Waals surface area contributed by atoms with Crippen LogP contribution in [0, 0.1) is 6.92 Å². The smallest absolute Gasteiger partial charge is 0.307 e. The SMILES string of the molecule is Cc1csc(=O)n1CCC(=O)N1c2ccccc2N(C)CC[C@@H]1C. The zero-order chi connectivity index (χ0) is 17.3. The number of thiazole rings is 1. The van der Waals surface area contributed by atoms with Crippen LogP contribution in [0.3, 0.4) is 0 Å². The maximum atomic E-state index is 12.9. The summed E-state index contributed by atoms with van der Waals surface area (Å²) in [5.41, 5.74) is 2.96. The van der Waals surface area contributed by atoms with Gasteiger partial charge in [0.1, 0.15) is 0 Å². The van der Waals surface area contributed by atoms with Crippen molar-refractivity contribution >= 4 is 28.6 Å². The van der Waals surface area contributed by atoms with Crippen molar-refractivity contribution < 1.29 is 4.79 Å². The van der Waals surface area contributed by atoms with E-state index in [0.717, 1.165) is 30.0 Å². The van der Waals surface area contributed by atoms with Crippen molar-refractivity contribution in [1.82, 2.24) is 4.57 Å². The molecule has 0 aliphatic carbocycles. The molecule has 128 valence electrons. The number of benzene rings is 1. The lowest BCUT2D eigenvalue weighted by atomic mass is 10.1. The molecule has 5 nitrogen and oxygen atoms in total. The van der Waals surface area contributed by atoms with E-state index in [1.807, 2.05) is 35.4 Å². The molecule has 0 radical (unpaired) electrons. The predicted molar refractivity (Wildman–Crippen MR) is 99.2 cm³/mol. The molecule has 0 spiro atoms. The number of nitrogens with zero attached hydrogens (tertiary/aromatic N) is 3. The number of carbonyl (C=O) groups is 1. The van der Waals surface area contributed by atoms with E-state index in [-0.39, 0.29) is 16.8 Å². The van der Waals surface area contributed by atoms with E-state index in [9.17, 15) is 9.59 Å². The summed E-state index contributed by atoms with van der Waals surface area (Å²) < 4.78 is 1.68. The third-order valence-corrected chi connectivity index (χ3v) is 5.55. The van der Waals surface area contributed by atoms with E-state index in [1.165, 1.54) is 11.3 Å². The lowest BCUT2D eigenvalue weighted by molar-refractivity contribution is -0.119. The number of rotatable bonds is 3. The maximum Gasteiger partial charge on any atom is 0.307 e. The standard InChI is InChI=1S/C18H23N3O2S/c1-13-8-10-19(3)15-6-4-5-7-16(15)21(13)17(22)9-11-20-14(2)12-24-18(20)23/h4-7,12-13H,8-11H2,1-3H3/t13-/m0/s1. The van der Waals surface area contributed by atoms with Gasteiger partial charge in [-0.15, -0.1) is 0 Å². The van der Waals surface area contributed by atoms with Crippen LogP contribution in [0.15, 0.2) is 34.4 Å². The van der Waals surface area contributed by atoms with Gasteiger partial charge in [0.2, 0.25) is 5.91 Å². The van der Waals surface area contributed by atoms with Gasteiger partial charge < -0.3 is 14.4 Å². The average molecular weight is 345 g/mol. The van der Waals surface area contributed by atoms with E-state index in [1.54, 1.807) is 4.57 Å². The first kappa shape index (κ1) is 16.8. The van der Waals surface area contributed by atoms with E-state index in [0.29, 0.717) is 13.0 Å². The zero-order valence-electron chi connectivity index (χ0n) is 14.4. The highest BCUT2D eigenvalue weighted by Gasteiger charge is 2.28. The lowest BCUT2D eigenvalue weighted by Crippen LogP contribution is -2.39. The van der Waals surface area contributed by atoms with E-state index < -0.39 is 0 Å².